The Morgan fingerprint density at radius 2 is 1.66 bits per heavy atom. The number of ether oxygens (including phenoxy) is 2. The van der Waals surface area contributed by atoms with E-state index >= 15 is 0 Å². The highest BCUT2D eigenvalue weighted by molar-refractivity contribution is 6.07. The molecule has 240 valence electrons. The van der Waals surface area contributed by atoms with Crippen LogP contribution in [0.4, 0.5) is 15.3 Å². The molecule has 5 amide bonds. The normalized spacial score (nSPS) is 23.0. The Balaban J connectivity index is 1.12. The third kappa shape index (κ3) is 7.00. The number of Topliss-reactive ketones (excluding diaryl/α,β-unsaturated/α-hetero) is 1. The number of hydrogen-bond donors (Lipinski definition) is 1. The van der Waals surface area contributed by atoms with Crippen LogP contribution in [0.3, 0.4) is 0 Å². The lowest BCUT2D eigenvalue weighted by atomic mass is 9.64. The van der Waals surface area contributed by atoms with E-state index in [1.54, 1.807) is 28.0 Å². The smallest absolute Gasteiger partial charge is 0.410 e. The van der Waals surface area contributed by atoms with Gasteiger partial charge in [-0.05, 0) is 70.6 Å². The molecular formula is C32H45N5O7. The first-order valence-corrected chi connectivity index (χ1v) is 15.7. The van der Waals surface area contributed by atoms with Crippen LogP contribution in [-0.2, 0) is 14.3 Å². The van der Waals surface area contributed by atoms with Crippen LogP contribution in [0.15, 0.2) is 18.2 Å². The van der Waals surface area contributed by atoms with Crippen LogP contribution in [0, 0.1) is 11.3 Å². The van der Waals surface area contributed by atoms with E-state index in [0.717, 1.165) is 32.5 Å². The molecule has 1 saturated carbocycles. The first kappa shape index (κ1) is 31.7. The number of piperidine rings is 1. The van der Waals surface area contributed by atoms with Gasteiger partial charge in [0.25, 0.3) is 5.91 Å². The van der Waals surface area contributed by atoms with Gasteiger partial charge in [-0.3, -0.25) is 29.5 Å². The van der Waals surface area contributed by atoms with E-state index in [4.69, 9.17) is 9.47 Å². The number of amides is 5. The van der Waals surface area contributed by atoms with E-state index in [1.165, 1.54) is 12.0 Å². The van der Waals surface area contributed by atoms with Crippen molar-refractivity contribution in [2.24, 2.45) is 11.3 Å². The minimum Gasteiger partial charge on any atom is -0.495 e. The van der Waals surface area contributed by atoms with Crippen molar-refractivity contribution in [2.45, 2.75) is 64.9 Å². The third-order valence-electron chi connectivity index (χ3n) is 9.42. The highest BCUT2D eigenvalue weighted by Crippen LogP contribution is 2.44. The number of nitrogens with one attached hydrogen (secondary N) is 1. The highest BCUT2D eigenvalue weighted by Gasteiger charge is 2.45. The van der Waals surface area contributed by atoms with Gasteiger partial charge in [-0.2, -0.15) is 0 Å². The van der Waals surface area contributed by atoms with Crippen LogP contribution < -0.4 is 15.0 Å². The van der Waals surface area contributed by atoms with Crippen molar-refractivity contribution >= 4 is 35.4 Å². The summed E-state index contributed by atoms with van der Waals surface area (Å²) in [7, 11) is 1.50. The van der Waals surface area contributed by atoms with Gasteiger partial charge in [-0.25, -0.2) is 9.59 Å². The maximum Gasteiger partial charge on any atom is 0.410 e. The van der Waals surface area contributed by atoms with Crippen molar-refractivity contribution in [3.63, 3.8) is 0 Å². The fourth-order valence-corrected chi connectivity index (χ4v) is 6.84. The van der Waals surface area contributed by atoms with Crippen molar-refractivity contribution in [1.82, 2.24) is 20.0 Å². The van der Waals surface area contributed by atoms with Gasteiger partial charge < -0.3 is 19.3 Å². The monoisotopic (exact) mass is 611 g/mol. The van der Waals surface area contributed by atoms with Crippen molar-refractivity contribution in [1.29, 1.82) is 0 Å². The van der Waals surface area contributed by atoms with Gasteiger partial charge in [-0.15, -0.1) is 0 Å². The number of rotatable bonds is 5. The Kier molecular flexibility index (Phi) is 9.20. The summed E-state index contributed by atoms with van der Waals surface area (Å²) in [5.41, 5.74) is -0.00263. The number of imide groups is 1. The van der Waals surface area contributed by atoms with Gasteiger partial charge >= 0.3 is 12.1 Å². The molecule has 1 N–H and O–H groups in total. The van der Waals surface area contributed by atoms with Gasteiger partial charge in [0.1, 0.15) is 17.1 Å². The molecule has 4 aliphatic rings. The molecule has 1 aromatic carbocycles. The van der Waals surface area contributed by atoms with Crippen molar-refractivity contribution in [3.8, 4) is 5.75 Å². The quantitative estimate of drug-likeness (QED) is 0.537. The minimum absolute atomic E-state index is 0.149. The molecule has 0 bridgehead atoms. The van der Waals surface area contributed by atoms with Crippen LogP contribution in [0.5, 0.6) is 5.75 Å². The zero-order valence-corrected chi connectivity index (χ0v) is 26.4. The Hall–Kier alpha value is -3.67. The van der Waals surface area contributed by atoms with Gasteiger partial charge in [0.15, 0.2) is 0 Å². The largest absolute Gasteiger partial charge is 0.495 e. The highest BCUT2D eigenvalue weighted by atomic mass is 16.6. The molecule has 3 saturated heterocycles. The number of urea groups is 1. The summed E-state index contributed by atoms with van der Waals surface area (Å²) in [5, 5.41) is 2.31. The van der Waals surface area contributed by atoms with E-state index < -0.39 is 11.6 Å². The molecule has 5 rings (SSSR count). The Morgan fingerprint density at radius 1 is 0.955 bits per heavy atom. The first-order valence-electron chi connectivity index (χ1n) is 15.7. The Morgan fingerprint density at radius 3 is 2.27 bits per heavy atom. The van der Waals surface area contributed by atoms with E-state index in [-0.39, 0.29) is 36.3 Å². The van der Waals surface area contributed by atoms with Crippen LogP contribution in [0.25, 0.3) is 0 Å². The molecule has 0 radical (unpaired) electrons. The standard InChI is InChI=1S/C32H45N5O7/c1-31(2,3)44-30(42)36-17-15-34(16-18-36)21-22-7-9-32(26(38)19-22)10-13-35(14-11-32)28(40)23-5-6-25(43-4)24(20-23)37-12-8-27(39)33-29(37)41/h5-6,20,22H,7-19,21H2,1-4H3,(H,33,39,41). The molecule has 44 heavy (non-hydrogen) atoms. The fourth-order valence-electron chi connectivity index (χ4n) is 6.84. The summed E-state index contributed by atoms with van der Waals surface area (Å²) in [4.78, 5) is 70.8. The molecule has 1 atom stereocenters. The number of piperazine rings is 1. The number of carbonyl (C=O) groups excluding carboxylic acids is 5. The summed E-state index contributed by atoms with van der Waals surface area (Å²) in [5.74, 6) is 0.577. The van der Waals surface area contributed by atoms with Gasteiger partial charge in [0.05, 0.1) is 12.8 Å². The molecule has 12 nitrogen and oxygen atoms in total. The van der Waals surface area contributed by atoms with Crippen LogP contribution >= 0.6 is 0 Å². The van der Waals surface area contributed by atoms with E-state index in [1.807, 2.05) is 20.8 Å². The number of nitrogens with zero attached hydrogens (tertiary/aromatic N) is 4. The Labute approximate surface area is 259 Å². The summed E-state index contributed by atoms with van der Waals surface area (Å²) in [6.07, 6.45) is 3.58. The molecule has 12 heteroatoms. The molecule has 3 heterocycles. The van der Waals surface area contributed by atoms with E-state index in [9.17, 15) is 24.0 Å². The molecule has 0 aromatic heterocycles. The second-order valence-corrected chi connectivity index (χ2v) is 13.5. The average molecular weight is 612 g/mol. The molecule has 1 aromatic rings. The van der Waals surface area contributed by atoms with Crippen molar-refractivity contribution in [3.05, 3.63) is 23.8 Å². The number of hydrogen-bond acceptors (Lipinski definition) is 8. The predicted octanol–water partition coefficient (Wildman–Crippen LogP) is 3.29. The number of likely N-dealkylation sites (tertiary alicyclic amines) is 1. The van der Waals surface area contributed by atoms with Crippen molar-refractivity contribution in [2.75, 3.05) is 64.4 Å². The maximum absolute atomic E-state index is 13.5. The molecule has 1 spiro atoms. The predicted molar refractivity (Wildman–Crippen MR) is 163 cm³/mol. The number of ketones is 1. The third-order valence-corrected chi connectivity index (χ3v) is 9.42. The lowest BCUT2D eigenvalue weighted by molar-refractivity contribution is -0.136. The number of anilines is 1. The lowest BCUT2D eigenvalue weighted by Gasteiger charge is -2.45. The summed E-state index contributed by atoms with van der Waals surface area (Å²) in [6.45, 7) is 10.5. The minimum atomic E-state index is -0.541. The number of benzene rings is 1. The van der Waals surface area contributed by atoms with Crippen LogP contribution in [0.1, 0.15) is 69.7 Å². The second kappa shape index (κ2) is 12.7. The SMILES string of the molecule is COc1ccc(C(=O)N2CCC3(CCC(CN4CCN(C(=O)OC(C)(C)C)CC4)CC3=O)CC2)cc1N1CCC(=O)NC1=O. The number of methoxy groups -OCH3 is 1. The van der Waals surface area contributed by atoms with E-state index in [2.05, 4.69) is 10.2 Å². The second-order valence-electron chi connectivity index (χ2n) is 13.5. The van der Waals surface area contributed by atoms with Gasteiger partial charge in [-0.1, -0.05) is 0 Å². The summed E-state index contributed by atoms with van der Waals surface area (Å²) >= 11 is 0. The topological polar surface area (TPSA) is 129 Å². The van der Waals surface area contributed by atoms with Crippen LogP contribution in [-0.4, -0.2) is 109 Å². The molecule has 1 aliphatic carbocycles. The first-order chi connectivity index (χ1) is 20.9. The average Bonchev–Trinajstić information content (AvgIpc) is 2.98. The van der Waals surface area contributed by atoms with Gasteiger partial charge in [0.2, 0.25) is 5.91 Å². The fraction of sp³-hybridized carbons (Fsp3) is 0.656. The summed E-state index contributed by atoms with van der Waals surface area (Å²) < 4.78 is 10.9. The molecule has 4 fully saturated rings. The zero-order valence-electron chi connectivity index (χ0n) is 26.4. The van der Waals surface area contributed by atoms with Crippen LogP contribution in [0.2, 0.25) is 0 Å². The molecular weight excluding hydrogens is 566 g/mol. The van der Waals surface area contributed by atoms with E-state index in [0.29, 0.717) is 74.1 Å². The Bertz CT molecular complexity index is 1290. The van der Waals surface area contributed by atoms with Gasteiger partial charge in [0, 0.05) is 76.2 Å². The number of carbonyl (C=O) groups is 5. The summed E-state index contributed by atoms with van der Waals surface area (Å²) in [6, 6.07) is 4.46. The van der Waals surface area contributed by atoms with Crippen molar-refractivity contribution < 1.29 is 33.4 Å². The maximum atomic E-state index is 13.5. The molecule has 1 unspecified atom stereocenters. The lowest BCUT2D eigenvalue weighted by Crippen LogP contribution is -2.52. The molecule has 3 aliphatic heterocycles. The zero-order chi connectivity index (χ0) is 31.6.